The van der Waals surface area contributed by atoms with Gasteiger partial charge in [-0.2, -0.15) is 10.2 Å². The van der Waals surface area contributed by atoms with E-state index >= 15 is 0 Å². The fraction of sp³-hybridized carbons (Fsp3) is 0.577. The molecule has 3 unspecified atom stereocenters. The van der Waals surface area contributed by atoms with E-state index in [9.17, 15) is 27.2 Å². The van der Waals surface area contributed by atoms with Gasteiger partial charge in [0, 0.05) is 44.8 Å². The minimum Gasteiger partial charge on any atom is -0.347 e. The van der Waals surface area contributed by atoms with E-state index in [2.05, 4.69) is 25.8 Å². The molecular formula is C26H31F4N7O2. The van der Waals surface area contributed by atoms with Crippen molar-refractivity contribution < 1.29 is 27.2 Å². The molecule has 2 aliphatic rings. The van der Waals surface area contributed by atoms with Crippen LogP contribution < -0.4 is 10.6 Å². The lowest BCUT2D eigenvalue weighted by molar-refractivity contribution is -0.123. The van der Waals surface area contributed by atoms with Crippen LogP contribution in [0.2, 0.25) is 0 Å². The van der Waals surface area contributed by atoms with Gasteiger partial charge in [-0.05, 0) is 50.3 Å². The maximum atomic E-state index is 13.9. The van der Waals surface area contributed by atoms with Crippen LogP contribution in [-0.4, -0.2) is 54.1 Å². The van der Waals surface area contributed by atoms with Gasteiger partial charge in [0.25, 0.3) is 11.8 Å². The minimum atomic E-state index is -3.02. The molecule has 1 aliphatic carbocycles. The first-order valence-electron chi connectivity index (χ1n) is 13.2. The van der Waals surface area contributed by atoms with Crippen molar-refractivity contribution in [2.45, 2.75) is 82.8 Å². The van der Waals surface area contributed by atoms with E-state index in [1.807, 2.05) is 6.92 Å². The Morgan fingerprint density at radius 3 is 2.67 bits per heavy atom. The third-order valence-corrected chi connectivity index (χ3v) is 7.76. The molecule has 0 bridgehead atoms. The summed E-state index contributed by atoms with van der Waals surface area (Å²) in [7, 11) is 0. The molecule has 2 fully saturated rings. The van der Waals surface area contributed by atoms with Crippen molar-refractivity contribution in [1.82, 2.24) is 35.0 Å². The number of halogens is 4. The van der Waals surface area contributed by atoms with Gasteiger partial charge in [0.2, 0.25) is 11.8 Å². The number of amides is 2. The van der Waals surface area contributed by atoms with Gasteiger partial charge in [-0.3, -0.25) is 14.3 Å². The van der Waals surface area contributed by atoms with E-state index < -0.39 is 35.8 Å². The SMILES string of the molecule is CCn1nccc1C(=O)NC(c1cn2nc(CC3CC(C(C)(F)F)NC3=O)ccc2n1)C1CCC(F)(F)CC1. The van der Waals surface area contributed by atoms with Gasteiger partial charge in [0.15, 0.2) is 5.65 Å². The van der Waals surface area contributed by atoms with Crippen LogP contribution in [0.5, 0.6) is 0 Å². The number of nitrogens with zero attached hydrogens (tertiary/aromatic N) is 5. The maximum Gasteiger partial charge on any atom is 0.270 e. The number of imidazole rings is 1. The second-order valence-corrected chi connectivity index (χ2v) is 10.6. The average Bonchev–Trinajstić information content (AvgIpc) is 3.60. The molecule has 210 valence electrons. The predicted octanol–water partition coefficient (Wildman–Crippen LogP) is 3.94. The van der Waals surface area contributed by atoms with Gasteiger partial charge in [0.1, 0.15) is 5.69 Å². The molecule has 13 heteroatoms. The highest BCUT2D eigenvalue weighted by Gasteiger charge is 2.44. The van der Waals surface area contributed by atoms with Crippen molar-refractivity contribution in [2.75, 3.05) is 0 Å². The standard InChI is InChI=1S/C26H31F4N7O2/c1-3-36-19(8-11-31-36)24(39)34-22(15-6-9-26(29,30)10-7-15)18-14-37-21(32-18)5-4-17(35-37)12-16-13-20(25(2,27)28)33-23(16)38/h4-5,8,11,14-16,20,22H,3,6-7,9-10,12-13H2,1-2H3,(H,33,38)(H,34,39). The molecular weight excluding hydrogens is 518 g/mol. The van der Waals surface area contributed by atoms with E-state index in [0.29, 0.717) is 29.3 Å². The lowest BCUT2D eigenvalue weighted by atomic mass is 9.81. The molecule has 1 saturated heterocycles. The summed E-state index contributed by atoms with van der Waals surface area (Å²) in [6, 6.07) is 3.14. The largest absolute Gasteiger partial charge is 0.347 e. The number of aryl methyl sites for hydroxylation is 1. The van der Waals surface area contributed by atoms with E-state index in [-0.39, 0.29) is 50.4 Å². The zero-order chi connectivity index (χ0) is 27.9. The Labute approximate surface area is 222 Å². The highest BCUT2D eigenvalue weighted by Crippen LogP contribution is 2.41. The Hall–Kier alpha value is -3.51. The Morgan fingerprint density at radius 2 is 2.00 bits per heavy atom. The highest BCUT2D eigenvalue weighted by atomic mass is 19.3. The molecule has 39 heavy (non-hydrogen) atoms. The number of hydrogen-bond donors (Lipinski definition) is 2. The van der Waals surface area contributed by atoms with Crippen molar-refractivity contribution >= 4 is 17.5 Å². The van der Waals surface area contributed by atoms with Crippen LogP contribution in [0.4, 0.5) is 17.6 Å². The number of carbonyl (C=O) groups is 2. The monoisotopic (exact) mass is 549 g/mol. The summed E-state index contributed by atoms with van der Waals surface area (Å²) in [5, 5.41) is 14.0. The van der Waals surface area contributed by atoms with E-state index in [0.717, 1.165) is 6.92 Å². The molecule has 0 spiro atoms. The molecule has 2 N–H and O–H groups in total. The van der Waals surface area contributed by atoms with E-state index in [1.54, 1.807) is 29.1 Å². The Morgan fingerprint density at radius 1 is 1.26 bits per heavy atom. The molecule has 1 saturated carbocycles. The second kappa shape index (κ2) is 10.2. The molecule has 1 aliphatic heterocycles. The maximum absolute atomic E-state index is 13.9. The number of rotatable bonds is 8. The van der Waals surface area contributed by atoms with Crippen LogP contribution in [0, 0.1) is 11.8 Å². The third kappa shape index (κ3) is 5.76. The topological polar surface area (TPSA) is 106 Å². The number of hydrogen-bond acceptors (Lipinski definition) is 5. The molecule has 3 aromatic heterocycles. The highest BCUT2D eigenvalue weighted by molar-refractivity contribution is 5.92. The number of alkyl halides is 4. The quantitative estimate of drug-likeness (QED) is 0.414. The first-order valence-corrected chi connectivity index (χ1v) is 13.2. The predicted molar refractivity (Wildman–Crippen MR) is 132 cm³/mol. The molecule has 4 heterocycles. The molecule has 0 radical (unpaired) electrons. The van der Waals surface area contributed by atoms with Crippen molar-refractivity contribution in [3.63, 3.8) is 0 Å². The Balaban J connectivity index is 1.39. The number of aromatic nitrogens is 5. The fourth-order valence-electron chi connectivity index (χ4n) is 5.52. The zero-order valence-electron chi connectivity index (χ0n) is 21.7. The smallest absolute Gasteiger partial charge is 0.270 e. The first-order chi connectivity index (χ1) is 18.4. The lowest BCUT2D eigenvalue weighted by Crippen LogP contribution is -2.39. The molecule has 0 aromatic carbocycles. The van der Waals surface area contributed by atoms with E-state index in [4.69, 9.17) is 0 Å². The lowest BCUT2D eigenvalue weighted by Gasteiger charge is -2.33. The third-order valence-electron chi connectivity index (χ3n) is 7.76. The van der Waals surface area contributed by atoms with Crippen LogP contribution in [0.1, 0.15) is 73.9 Å². The van der Waals surface area contributed by atoms with Gasteiger partial charge in [-0.25, -0.2) is 27.1 Å². The number of carbonyl (C=O) groups excluding carboxylic acids is 2. The van der Waals surface area contributed by atoms with Gasteiger partial charge in [0.05, 0.1) is 29.7 Å². The summed E-state index contributed by atoms with van der Waals surface area (Å²) >= 11 is 0. The zero-order valence-corrected chi connectivity index (χ0v) is 21.7. The van der Waals surface area contributed by atoms with Gasteiger partial charge < -0.3 is 10.6 Å². The molecule has 9 nitrogen and oxygen atoms in total. The van der Waals surface area contributed by atoms with Gasteiger partial charge in [-0.1, -0.05) is 0 Å². The second-order valence-electron chi connectivity index (χ2n) is 10.6. The van der Waals surface area contributed by atoms with Crippen LogP contribution in [0.15, 0.2) is 30.6 Å². The fourth-order valence-corrected chi connectivity index (χ4v) is 5.52. The van der Waals surface area contributed by atoms with Gasteiger partial charge >= 0.3 is 0 Å². The summed E-state index contributed by atoms with van der Waals surface area (Å²) in [6.07, 6.45) is 3.26. The first kappa shape index (κ1) is 27.1. The summed E-state index contributed by atoms with van der Waals surface area (Å²) in [6.45, 7) is 3.14. The Bertz CT molecular complexity index is 1360. The molecule has 5 rings (SSSR count). The summed E-state index contributed by atoms with van der Waals surface area (Å²) in [4.78, 5) is 30.1. The average molecular weight is 550 g/mol. The van der Waals surface area contributed by atoms with Crippen molar-refractivity contribution in [3.05, 3.63) is 47.7 Å². The van der Waals surface area contributed by atoms with Crippen LogP contribution in [0.3, 0.4) is 0 Å². The summed E-state index contributed by atoms with van der Waals surface area (Å²) < 4.78 is 58.3. The van der Waals surface area contributed by atoms with E-state index in [1.165, 1.54) is 10.7 Å². The van der Waals surface area contributed by atoms with Crippen LogP contribution in [0.25, 0.3) is 5.65 Å². The normalized spacial score (nSPS) is 22.7. The van der Waals surface area contributed by atoms with Crippen molar-refractivity contribution in [1.29, 1.82) is 0 Å². The summed E-state index contributed by atoms with van der Waals surface area (Å²) in [5.41, 5.74) is 1.84. The van der Waals surface area contributed by atoms with Crippen LogP contribution >= 0.6 is 0 Å². The molecule has 2 amide bonds. The number of nitrogens with one attached hydrogen (secondary N) is 2. The Kier molecular flexibility index (Phi) is 7.10. The molecule has 3 aromatic rings. The summed E-state index contributed by atoms with van der Waals surface area (Å²) in [5.74, 6) is -7.44. The van der Waals surface area contributed by atoms with Gasteiger partial charge in [-0.15, -0.1) is 0 Å². The number of fused-ring (bicyclic) bond motifs is 1. The van der Waals surface area contributed by atoms with Crippen molar-refractivity contribution in [2.24, 2.45) is 11.8 Å². The van der Waals surface area contributed by atoms with Crippen molar-refractivity contribution in [3.8, 4) is 0 Å². The van der Waals surface area contributed by atoms with Crippen LogP contribution in [-0.2, 0) is 17.8 Å². The minimum absolute atomic E-state index is 0.00594. The molecule has 3 atom stereocenters.